The fourth-order valence-electron chi connectivity index (χ4n) is 3.42. The second-order valence-electron chi connectivity index (χ2n) is 7.26. The van der Waals surface area contributed by atoms with Gasteiger partial charge in [-0.1, -0.05) is 42.1 Å². The average Bonchev–Trinajstić information content (AvgIpc) is 3.51. The molecule has 0 unspecified atom stereocenters. The highest BCUT2D eigenvalue weighted by Crippen LogP contribution is 2.30. The third-order valence-electron chi connectivity index (χ3n) is 5.05. The third-order valence-corrected chi connectivity index (χ3v) is 6.91. The first-order valence-corrected chi connectivity index (χ1v) is 12.3. The highest BCUT2D eigenvalue weighted by Gasteiger charge is 2.17. The van der Waals surface area contributed by atoms with Gasteiger partial charge in [-0.05, 0) is 42.0 Å². The van der Waals surface area contributed by atoms with Crippen LogP contribution in [0.5, 0.6) is 5.75 Å². The molecular weight excluding hydrogens is 450 g/mol. The Hall–Kier alpha value is -3.49. The lowest BCUT2D eigenvalue weighted by Gasteiger charge is -2.11. The normalized spacial score (nSPS) is 10.9. The lowest BCUT2D eigenvalue weighted by atomic mass is 10.2. The van der Waals surface area contributed by atoms with E-state index in [9.17, 15) is 0 Å². The van der Waals surface area contributed by atoms with Gasteiger partial charge >= 0.3 is 0 Å². The summed E-state index contributed by atoms with van der Waals surface area (Å²) in [7, 11) is 1.66. The number of hydrogen-bond donors (Lipinski definition) is 0. The van der Waals surface area contributed by atoms with E-state index in [4.69, 9.17) is 9.72 Å². The minimum absolute atomic E-state index is 0.718. The van der Waals surface area contributed by atoms with Crippen molar-refractivity contribution < 1.29 is 4.74 Å². The average molecular weight is 472 g/mol. The molecule has 6 nitrogen and oxygen atoms in total. The van der Waals surface area contributed by atoms with Crippen LogP contribution in [0.1, 0.15) is 16.3 Å². The number of hydrogen-bond acceptors (Lipinski definition) is 7. The summed E-state index contributed by atoms with van der Waals surface area (Å²) >= 11 is 3.32. The molecule has 3 aromatic heterocycles. The third kappa shape index (κ3) is 4.97. The maximum Gasteiger partial charge on any atom is 0.196 e. The van der Waals surface area contributed by atoms with E-state index in [1.54, 1.807) is 42.6 Å². The molecule has 33 heavy (non-hydrogen) atoms. The van der Waals surface area contributed by atoms with Crippen molar-refractivity contribution >= 4 is 23.1 Å². The van der Waals surface area contributed by atoms with E-state index in [1.807, 2.05) is 42.5 Å². The number of rotatable bonds is 8. The van der Waals surface area contributed by atoms with Crippen molar-refractivity contribution in [1.82, 2.24) is 24.7 Å². The van der Waals surface area contributed by atoms with E-state index in [0.717, 1.165) is 50.9 Å². The predicted octanol–water partition coefficient (Wildman–Crippen LogP) is 5.68. The Bertz CT molecular complexity index is 1320. The summed E-state index contributed by atoms with van der Waals surface area (Å²) in [6.45, 7) is 0. The molecule has 5 aromatic rings. The van der Waals surface area contributed by atoms with Crippen LogP contribution in [0.2, 0.25) is 0 Å². The first kappa shape index (κ1) is 21.4. The van der Waals surface area contributed by atoms with E-state index in [-0.39, 0.29) is 0 Å². The van der Waals surface area contributed by atoms with Gasteiger partial charge in [-0.2, -0.15) is 0 Å². The molecule has 0 fully saturated rings. The SMILES string of the molecule is COc1ccc(-n2c(SCc3csc(Cc4ccccc4)n3)nnc2-c2ccncc2)cc1. The minimum atomic E-state index is 0.718. The van der Waals surface area contributed by atoms with Gasteiger partial charge in [0.2, 0.25) is 0 Å². The van der Waals surface area contributed by atoms with Gasteiger partial charge in [-0.15, -0.1) is 21.5 Å². The van der Waals surface area contributed by atoms with Crippen molar-refractivity contribution in [3.05, 3.63) is 101 Å². The summed E-state index contributed by atoms with van der Waals surface area (Å²) in [5.74, 6) is 2.30. The molecule has 0 atom stereocenters. The Morgan fingerprint density at radius 1 is 0.939 bits per heavy atom. The Morgan fingerprint density at radius 2 is 1.73 bits per heavy atom. The highest BCUT2D eigenvalue weighted by atomic mass is 32.2. The van der Waals surface area contributed by atoms with Gasteiger partial charge in [0.25, 0.3) is 0 Å². The maximum absolute atomic E-state index is 5.32. The molecule has 0 N–H and O–H groups in total. The van der Waals surface area contributed by atoms with E-state index in [1.165, 1.54) is 5.56 Å². The highest BCUT2D eigenvalue weighted by molar-refractivity contribution is 7.98. The molecule has 164 valence electrons. The molecular formula is C25H21N5OS2. The molecule has 0 saturated heterocycles. The van der Waals surface area contributed by atoms with E-state index in [0.29, 0.717) is 0 Å². The molecule has 0 aliphatic carbocycles. The number of aromatic nitrogens is 5. The lowest BCUT2D eigenvalue weighted by Crippen LogP contribution is -2.00. The van der Waals surface area contributed by atoms with Crippen LogP contribution in [0.4, 0.5) is 0 Å². The van der Waals surface area contributed by atoms with E-state index < -0.39 is 0 Å². The fraction of sp³-hybridized carbons (Fsp3) is 0.120. The van der Waals surface area contributed by atoms with Crippen molar-refractivity contribution in [1.29, 1.82) is 0 Å². The van der Waals surface area contributed by atoms with Gasteiger partial charge in [-0.25, -0.2) is 4.98 Å². The summed E-state index contributed by atoms with van der Waals surface area (Å²) in [4.78, 5) is 8.95. The van der Waals surface area contributed by atoms with Gasteiger partial charge in [0.15, 0.2) is 11.0 Å². The minimum Gasteiger partial charge on any atom is -0.497 e. The summed E-state index contributed by atoms with van der Waals surface area (Å²) in [6.07, 6.45) is 4.38. The summed E-state index contributed by atoms with van der Waals surface area (Å²) < 4.78 is 7.39. The van der Waals surface area contributed by atoms with Crippen LogP contribution in [0.15, 0.2) is 89.7 Å². The first-order chi connectivity index (χ1) is 16.3. The first-order valence-electron chi connectivity index (χ1n) is 10.4. The Labute approximate surface area is 200 Å². The number of nitrogens with zero attached hydrogens (tertiary/aromatic N) is 5. The zero-order valence-corrected chi connectivity index (χ0v) is 19.6. The summed E-state index contributed by atoms with van der Waals surface area (Å²) in [5, 5.41) is 13.0. The molecule has 0 spiro atoms. The quantitative estimate of drug-likeness (QED) is 0.271. The Kier molecular flexibility index (Phi) is 6.46. The monoisotopic (exact) mass is 471 g/mol. The van der Waals surface area contributed by atoms with Crippen molar-refractivity contribution in [2.75, 3.05) is 7.11 Å². The van der Waals surface area contributed by atoms with Crippen LogP contribution in [0.3, 0.4) is 0 Å². The second kappa shape index (κ2) is 9.97. The number of thiazole rings is 1. The molecule has 0 radical (unpaired) electrons. The van der Waals surface area contributed by atoms with Crippen LogP contribution < -0.4 is 4.74 Å². The number of methoxy groups -OCH3 is 1. The van der Waals surface area contributed by atoms with Gasteiger partial charge in [-0.3, -0.25) is 9.55 Å². The predicted molar refractivity (Wildman–Crippen MR) is 132 cm³/mol. The van der Waals surface area contributed by atoms with E-state index >= 15 is 0 Å². The summed E-state index contributed by atoms with van der Waals surface area (Å²) in [5.41, 5.74) is 4.25. The van der Waals surface area contributed by atoms with Gasteiger partial charge in [0, 0.05) is 41.2 Å². The number of pyridine rings is 1. The summed E-state index contributed by atoms with van der Waals surface area (Å²) in [6, 6.07) is 22.2. The molecule has 0 aliphatic rings. The van der Waals surface area contributed by atoms with Gasteiger partial charge in [0.1, 0.15) is 5.75 Å². The fourth-order valence-corrected chi connectivity index (χ4v) is 5.20. The molecule has 0 amide bonds. The topological polar surface area (TPSA) is 65.7 Å². The standard InChI is InChI=1S/C25H21N5OS2/c1-31-22-9-7-21(8-10-22)30-24(19-11-13-26-14-12-19)28-29-25(30)33-17-20-16-32-23(27-20)15-18-5-3-2-4-6-18/h2-14,16H,15,17H2,1H3. The molecule has 0 aliphatic heterocycles. The largest absolute Gasteiger partial charge is 0.497 e. The number of ether oxygens (including phenoxy) is 1. The Morgan fingerprint density at radius 3 is 2.48 bits per heavy atom. The molecule has 2 aromatic carbocycles. The molecule has 8 heteroatoms. The van der Waals surface area contributed by atoms with Gasteiger partial charge < -0.3 is 4.74 Å². The second-order valence-corrected chi connectivity index (χ2v) is 9.14. The molecule has 5 rings (SSSR count). The van der Waals surface area contributed by atoms with Crippen LogP contribution in [0, 0.1) is 0 Å². The smallest absolute Gasteiger partial charge is 0.196 e. The van der Waals surface area contributed by atoms with Crippen LogP contribution in [-0.4, -0.2) is 31.8 Å². The Balaban J connectivity index is 1.39. The zero-order valence-electron chi connectivity index (χ0n) is 18.0. The van der Waals surface area contributed by atoms with E-state index in [2.05, 4.69) is 49.4 Å². The molecule has 0 saturated carbocycles. The van der Waals surface area contributed by atoms with Crippen molar-refractivity contribution in [3.63, 3.8) is 0 Å². The van der Waals surface area contributed by atoms with Crippen LogP contribution in [0.25, 0.3) is 17.1 Å². The lowest BCUT2D eigenvalue weighted by molar-refractivity contribution is 0.414. The van der Waals surface area contributed by atoms with Crippen LogP contribution in [-0.2, 0) is 12.2 Å². The van der Waals surface area contributed by atoms with Crippen molar-refractivity contribution in [2.45, 2.75) is 17.3 Å². The molecule has 3 heterocycles. The number of thioether (sulfide) groups is 1. The molecule has 0 bridgehead atoms. The zero-order chi connectivity index (χ0) is 22.5. The maximum atomic E-state index is 5.32. The van der Waals surface area contributed by atoms with Crippen LogP contribution >= 0.6 is 23.1 Å². The number of benzene rings is 2. The van der Waals surface area contributed by atoms with Crippen molar-refractivity contribution in [2.24, 2.45) is 0 Å². The van der Waals surface area contributed by atoms with Gasteiger partial charge in [0.05, 0.1) is 17.8 Å². The van der Waals surface area contributed by atoms with Crippen molar-refractivity contribution in [3.8, 4) is 22.8 Å².